The zero-order chi connectivity index (χ0) is 14.4. The zero-order valence-electron chi connectivity index (χ0n) is 12.5. The molecule has 0 heterocycles. The third kappa shape index (κ3) is 4.20. The number of rotatable bonds is 7. The van der Waals surface area contributed by atoms with Crippen molar-refractivity contribution in [2.75, 3.05) is 18.0 Å². The van der Waals surface area contributed by atoms with Crippen molar-refractivity contribution in [1.29, 1.82) is 0 Å². The molecule has 1 atom stereocenters. The Morgan fingerprint density at radius 1 is 1.21 bits per heavy atom. The summed E-state index contributed by atoms with van der Waals surface area (Å²) >= 11 is 0. The summed E-state index contributed by atoms with van der Waals surface area (Å²) in [6.45, 7) is 9.72. The van der Waals surface area contributed by atoms with Gasteiger partial charge < -0.3 is 10.0 Å². The van der Waals surface area contributed by atoms with Crippen LogP contribution in [0, 0.1) is 11.7 Å². The maximum absolute atomic E-state index is 14.2. The van der Waals surface area contributed by atoms with E-state index in [1.165, 1.54) is 6.07 Å². The van der Waals surface area contributed by atoms with Crippen molar-refractivity contribution >= 4 is 5.69 Å². The van der Waals surface area contributed by atoms with Gasteiger partial charge in [0.15, 0.2) is 0 Å². The molecule has 0 saturated heterocycles. The molecule has 19 heavy (non-hydrogen) atoms. The van der Waals surface area contributed by atoms with Crippen LogP contribution in [-0.4, -0.2) is 18.2 Å². The average molecular weight is 267 g/mol. The van der Waals surface area contributed by atoms with Crippen LogP contribution in [0.5, 0.6) is 0 Å². The van der Waals surface area contributed by atoms with Crippen molar-refractivity contribution in [3.63, 3.8) is 0 Å². The molecule has 2 nitrogen and oxygen atoms in total. The third-order valence-corrected chi connectivity index (χ3v) is 3.81. The van der Waals surface area contributed by atoms with Crippen LogP contribution < -0.4 is 4.90 Å². The quantitative estimate of drug-likeness (QED) is 0.802. The predicted octanol–water partition coefficient (Wildman–Crippen LogP) is 4.14. The predicted molar refractivity (Wildman–Crippen MR) is 79.0 cm³/mol. The molecule has 0 fully saturated rings. The van der Waals surface area contributed by atoms with Crippen LogP contribution in [0.4, 0.5) is 10.1 Å². The molecular formula is C16H26FNO. The molecule has 0 aliphatic rings. The second-order valence-electron chi connectivity index (χ2n) is 5.11. The van der Waals surface area contributed by atoms with E-state index >= 15 is 0 Å². The van der Waals surface area contributed by atoms with Crippen molar-refractivity contribution in [1.82, 2.24) is 0 Å². The summed E-state index contributed by atoms with van der Waals surface area (Å²) in [6.07, 6.45) is 1.60. The Morgan fingerprint density at radius 3 is 2.26 bits per heavy atom. The van der Waals surface area contributed by atoms with Gasteiger partial charge in [-0.2, -0.15) is 0 Å². The molecule has 0 aliphatic heterocycles. The van der Waals surface area contributed by atoms with Gasteiger partial charge in [0.05, 0.1) is 11.8 Å². The molecule has 3 heteroatoms. The standard InChI is InChI=1S/C16H26FNO/c1-5-13(6-2)11-18(7-3)16-9-8-14(12(4)19)10-15(16)17/h8-10,12-13,19H,5-7,11H2,1-4H3/t12-/m1/s1. The summed E-state index contributed by atoms with van der Waals surface area (Å²) in [5.41, 5.74) is 1.26. The van der Waals surface area contributed by atoms with Crippen molar-refractivity contribution < 1.29 is 9.50 Å². The first-order valence-corrected chi connectivity index (χ1v) is 7.25. The normalized spacial score (nSPS) is 12.8. The van der Waals surface area contributed by atoms with Gasteiger partial charge in [0.2, 0.25) is 0 Å². The second-order valence-corrected chi connectivity index (χ2v) is 5.11. The lowest BCUT2D eigenvalue weighted by Crippen LogP contribution is -2.29. The van der Waals surface area contributed by atoms with Crippen molar-refractivity contribution in [3.8, 4) is 0 Å². The van der Waals surface area contributed by atoms with E-state index in [2.05, 4.69) is 18.7 Å². The van der Waals surface area contributed by atoms with Gasteiger partial charge in [-0.3, -0.25) is 0 Å². The highest BCUT2D eigenvalue weighted by Gasteiger charge is 2.15. The molecule has 0 bridgehead atoms. The molecule has 0 spiro atoms. The molecule has 0 unspecified atom stereocenters. The minimum absolute atomic E-state index is 0.244. The Bertz CT molecular complexity index is 388. The highest BCUT2D eigenvalue weighted by molar-refractivity contribution is 5.49. The van der Waals surface area contributed by atoms with Crippen LogP contribution in [-0.2, 0) is 0 Å². The fraction of sp³-hybridized carbons (Fsp3) is 0.625. The second kappa shape index (κ2) is 7.49. The minimum Gasteiger partial charge on any atom is -0.389 e. The Kier molecular flexibility index (Phi) is 6.29. The smallest absolute Gasteiger partial charge is 0.146 e. The lowest BCUT2D eigenvalue weighted by atomic mass is 10.0. The molecule has 0 aromatic heterocycles. The molecule has 1 N–H and O–H groups in total. The molecular weight excluding hydrogens is 241 g/mol. The summed E-state index contributed by atoms with van der Waals surface area (Å²) in [6, 6.07) is 5.03. The summed E-state index contributed by atoms with van der Waals surface area (Å²) in [5.74, 6) is 0.349. The highest BCUT2D eigenvalue weighted by Crippen LogP contribution is 2.25. The molecule has 0 amide bonds. The number of nitrogens with zero attached hydrogens (tertiary/aromatic N) is 1. The lowest BCUT2D eigenvalue weighted by molar-refractivity contribution is 0.199. The van der Waals surface area contributed by atoms with Gasteiger partial charge in [-0.1, -0.05) is 32.8 Å². The monoisotopic (exact) mass is 267 g/mol. The number of hydrogen-bond acceptors (Lipinski definition) is 2. The van der Waals surface area contributed by atoms with Crippen LogP contribution in [0.25, 0.3) is 0 Å². The van der Waals surface area contributed by atoms with Crippen LogP contribution in [0.1, 0.15) is 52.2 Å². The maximum atomic E-state index is 14.2. The fourth-order valence-corrected chi connectivity index (χ4v) is 2.30. The van der Waals surface area contributed by atoms with E-state index in [1.807, 2.05) is 6.92 Å². The molecule has 0 aliphatic carbocycles. The van der Waals surface area contributed by atoms with Gasteiger partial charge >= 0.3 is 0 Å². The zero-order valence-corrected chi connectivity index (χ0v) is 12.5. The van der Waals surface area contributed by atoms with E-state index in [4.69, 9.17) is 0 Å². The van der Waals surface area contributed by atoms with E-state index in [-0.39, 0.29) is 5.82 Å². The van der Waals surface area contributed by atoms with Gasteiger partial charge in [0.1, 0.15) is 5.82 Å². The number of benzene rings is 1. The lowest BCUT2D eigenvalue weighted by Gasteiger charge is -2.28. The van der Waals surface area contributed by atoms with Crippen LogP contribution in [0.3, 0.4) is 0 Å². The van der Waals surface area contributed by atoms with E-state index in [1.54, 1.807) is 19.1 Å². The van der Waals surface area contributed by atoms with Gasteiger partial charge in [0, 0.05) is 13.1 Å². The van der Waals surface area contributed by atoms with Crippen molar-refractivity contribution in [2.24, 2.45) is 5.92 Å². The Hall–Kier alpha value is -1.09. The first-order valence-electron chi connectivity index (χ1n) is 7.25. The van der Waals surface area contributed by atoms with Crippen LogP contribution in [0.2, 0.25) is 0 Å². The summed E-state index contributed by atoms with van der Waals surface area (Å²) in [4.78, 5) is 2.08. The number of halogens is 1. The number of aliphatic hydroxyl groups excluding tert-OH is 1. The first-order chi connectivity index (χ1) is 9.03. The topological polar surface area (TPSA) is 23.5 Å². The minimum atomic E-state index is -0.627. The number of hydrogen-bond donors (Lipinski definition) is 1. The van der Waals surface area contributed by atoms with Gasteiger partial charge in [-0.05, 0) is 37.5 Å². The van der Waals surface area contributed by atoms with Gasteiger partial charge in [-0.15, -0.1) is 0 Å². The van der Waals surface area contributed by atoms with Crippen LogP contribution in [0.15, 0.2) is 18.2 Å². The molecule has 0 radical (unpaired) electrons. The van der Waals surface area contributed by atoms with Crippen molar-refractivity contribution in [2.45, 2.75) is 46.6 Å². The third-order valence-electron chi connectivity index (χ3n) is 3.81. The summed E-state index contributed by atoms with van der Waals surface area (Å²) in [5, 5.41) is 9.48. The van der Waals surface area contributed by atoms with Crippen LogP contribution >= 0.6 is 0 Å². The van der Waals surface area contributed by atoms with Gasteiger partial charge in [-0.25, -0.2) is 4.39 Å². The summed E-state index contributed by atoms with van der Waals surface area (Å²) in [7, 11) is 0. The fourth-order valence-electron chi connectivity index (χ4n) is 2.30. The van der Waals surface area contributed by atoms with Crippen molar-refractivity contribution in [3.05, 3.63) is 29.6 Å². The van der Waals surface area contributed by atoms with Gasteiger partial charge in [0.25, 0.3) is 0 Å². The highest BCUT2D eigenvalue weighted by atomic mass is 19.1. The molecule has 0 saturated carbocycles. The van der Waals surface area contributed by atoms with E-state index in [9.17, 15) is 9.50 Å². The molecule has 1 aromatic carbocycles. The first kappa shape index (κ1) is 16.0. The Balaban J connectivity index is 2.92. The number of aliphatic hydroxyl groups is 1. The SMILES string of the molecule is CCC(CC)CN(CC)c1ccc([C@@H](C)O)cc1F. The summed E-state index contributed by atoms with van der Waals surface area (Å²) < 4.78 is 14.2. The molecule has 1 rings (SSSR count). The van der Waals surface area contributed by atoms with E-state index < -0.39 is 6.10 Å². The maximum Gasteiger partial charge on any atom is 0.146 e. The average Bonchev–Trinajstić information content (AvgIpc) is 2.41. The Morgan fingerprint density at radius 2 is 1.84 bits per heavy atom. The molecule has 108 valence electrons. The van der Waals surface area contributed by atoms with E-state index in [0.29, 0.717) is 17.2 Å². The largest absolute Gasteiger partial charge is 0.389 e. The van der Waals surface area contributed by atoms with E-state index in [0.717, 1.165) is 25.9 Å². The number of anilines is 1. The Labute approximate surface area is 116 Å². The molecule has 1 aromatic rings.